The normalized spacial score (nSPS) is 24.7. The first-order valence-electron chi connectivity index (χ1n) is 20.9. The fraction of sp³-hybridized carbons (Fsp3) is 0.265. The summed E-state index contributed by atoms with van der Waals surface area (Å²) in [7, 11) is 1.34. The fourth-order valence-electron chi connectivity index (χ4n) is 6.75. The van der Waals surface area contributed by atoms with Crippen LogP contribution in [0, 0.1) is 0 Å². The summed E-state index contributed by atoms with van der Waals surface area (Å²) >= 11 is 0. The number of esters is 4. The SMILES string of the molecule is COc1cc(/C=C/C(=O)OC[C@H]2O[C@@](COC(=O)/C=C/c3ccc(O)cc3)(O[C@H]3O[C@H](COC(=O)/C=C/c4ccc(O)cc4)[C@@H](O)[C@H](O)[C@H]3O)[C@@H](OC(=O)/C=C/c3ccc(O)cc3)[C@@H]2O)ccc1O. The van der Waals surface area contributed by atoms with Crippen molar-refractivity contribution in [2.75, 3.05) is 26.9 Å². The number of benzene rings is 4. The van der Waals surface area contributed by atoms with Gasteiger partial charge in [-0.15, -0.1) is 0 Å². The van der Waals surface area contributed by atoms with Crippen LogP contribution in [0.1, 0.15) is 22.3 Å². The van der Waals surface area contributed by atoms with Crippen molar-refractivity contribution in [3.05, 3.63) is 138 Å². The van der Waals surface area contributed by atoms with E-state index in [9.17, 15) is 60.0 Å². The Morgan fingerprint density at radius 3 is 1.51 bits per heavy atom. The molecule has 9 atom stereocenters. The molecule has 4 aromatic carbocycles. The first-order valence-corrected chi connectivity index (χ1v) is 20.9. The monoisotopic (exact) mass is 956 g/mol. The quantitative estimate of drug-likeness (QED) is 0.0404. The van der Waals surface area contributed by atoms with Crippen LogP contribution in [0.25, 0.3) is 24.3 Å². The van der Waals surface area contributed by atoms with Crippen LogP contribution in [-0.4, -0.2) is 146 Å². The molecule has 364 valence electrons. The van der Waals surface area contributed by atoms with Crippen LogP contribution in [0.5, 0.6) is 28.7 Å². The lowest BCUT2D eigenvalue weighted by atomic mass is 9.98. The van der Waals surface area contributed by atoms with E-state index in [2.05, 4.69) is 0 Å². The van der Waals surface area contributed by atoms with Crippen molar-refractivity contribution in [1.82, 2.24) is 0 Å². The molecule has 8 N–H and O–H groups in total. The predicted octanol–water partition coefficient (Wildman–Crippen LogP) is 2.49. The molecule has 2 fully saturated rings. The number of ether oxygens (including phenoxy) is 8. The second-order valence-electron chi connectivity index (χ2n) is 15.4. The van der Waals surface area contributed by atoms with Gasteiger partial charge in [-0.1, -0.05) is 42.5 Å². The zero-order valence-corrected chi connectivity index (χ0v) is 36.5. The second kappa shape index (κ2) is 23.4. The van der Waals surface area contributed by atoms with Crippen molar-refractivity contribution in [3.63, 3.8) is 0 Å². The molecule has 2 heterocycles. The molecule has 0 aliphatic carbocycles. The molecule has 20 nitrogen and oxygen atoms in total. The first-order chi connectivity index (χ1) is 33.0. The van der Waals surface area contributed by atoms with E-state index < -0.39 is 98.5 Å². The number of phenolic OH excluding ortho intramolecular Hbond substituents is 4. The lowest BCUT2D eigenvalue weighted by molar-refractivity contribution is -0.383. The van der Waals surface area contributed by atoms with Crippen LogP contribution in [0.4, 0.5) is 0 Å². The van der Waals surface area contributed by atoms with E-state index in [1.165, 1.54) is 122 Å². The number of methoxy groups -OCH3 is 1. The Kier molecular flexibility index (Phi) is 17.3. The third-order valence-electron chi connectivity index (χ3n) is 10.4. The van der Waals surface area contributed by atoms with Gasteiger partial charge in [0.15, 0.2) is 23.9 Å². The number of carbonyl (C=O) groups excluding carboxylic acids is 4. The summed E-state index contributed by atoms with van der Waals surface area (Å²) in [4.78, 5) is 52.4. The van der Waals surface area contributed by atoms with Gasteiger partial charge in [0.1, 0.15) is 73.7 Å². The minimum absolute atomic E-state index is 0.000917. The van der Waals surface area contributed by atoms with Crippen LogP contribution in [-0.2, 0) is 52.3 Å². The highest BCUT2D eigenvalue weighted by atomic mass is 16.8. The van der Waals surface area contributed by atoms with Gasteiger partial charge >= 0.3 is 23.9 Å². The largest absolute Gasteiger partial charge is 0.508 e. The van der Waals surface area contributed by atoms with Crippen molar-refractivity contribution in [2.45, 2.75) is 54.8 Å². The van der Waals surface area contributed by atoms with E-state index in [1.807, 2.05) is 0 Å². The fourth-order valence-corrected chi connectivity index (χ4v) is 6.75. The maximum absolute atomic E-state index is 13.5. The molecule has 0 bridgehead atoms. The van der Waals surface area contributed by atoms with Crippen LogP contribution >= 0.6 is 0 Å². The van der Waals surface area contributed by atoms with Gasteiger partial charge in [0, 0.05) is 24.3 Å². The number of phenols is 4. The summed E-state index contributed by atoms with van der Waals surface area (Å²) in [6.45, 7) is -2.57. The lowest BCUT2D eigenvalue weighted by Gasteiger charge is -2.43. The zero-order chi connectivity index (χ0) is 49.7. The smallest absolute Gasteiger partial charge is 0.331 e. The maximum Gasteiger partial charge on any atom is 0.331 e. The van der Waals surface area contributed by atoms with Crippen molar-refractivity contribution in [3.8, 4) is 28.7 Å². The molecule has 4 aromatic rings. The average Bonchev–Trinajstić information content (AvgIpc) is 3.59. The average molecular weight is 957 g/mol. The van der Waals surface area contributed by atoms with Crippen molar-refractivity contribution < 1.29 is 97.9 Å². The topological polar surface area (TPSA) is 304 Å². The summed E-state index contributed by atoms with van der Waals surface area (Å²) in [6.07, 6.45) is -6.19. The molecule has 0 unspecified atom stereocenters. The van der Waals surface area contributed by atoms with Gasteiger partial charge in [0.25, 0.3) is 0 Å². The number of hydrogen-bond acceptors (Lipinski definition) is 20. The Morgan fingerprint density at radius 2 is 1.00 bits per heavy atom. The van der Waals surface area contributed by atoms with Gasteiger partial charge in [0.05, 0.1) is 7.11 Å². The molecule has 0 radical (unpaired) electrons. The molecule has 0 aromatic heterocycles. The highest BCUT2D eigenvalue weighted by Gasteiger charge is 2.62. The number of rotatable bonds is 18. The van der Waals surface area contributed by atoms with Crippen LogP contribution in [0.15, 0.2) is 115 Å². The minimum Gasteiger partial charge on any atom is -0.508 e. The minimum atomic E-state index is -2.69. The van der Waals surface area contributed by atoms with E-state index in [1.54, 1.807) is 0 Å². The third kappa shape index (κ3) is 14.0. The molecule has 2 aliphatic heterocycles. The lowest BCUT2D eigenvalue weighted by Crippen LogP contribution is -2.63. The van der Waals surface area contributed by atoms with Crippen LogP contribution < -0.4 is 4.74 Å². The Balaban J connectivity index is 1.28. The van der Waals surface area contributed by atoms with E-state index in [0.29, 0.717) is 22.3 Å². The van der Waals surface area contributed by atoms with Crippen molar-refractivity contribution in [1.29, 1.82) is 0 Å². The predicted molar refractivity (Wildman–Crippen MR) is 239 cm³/mol. The molecule has 0 saturated carbocycles. The van der Waals surface area contributed by atoms with Gasteiger partial charge in [0.2, 0.25) is 5.79 Å². The van der Waals surface area contributed by atoms with Gasteiger partial charge in [-0.2, -0.15) is 0 Å². The van der Waals surface area contributed by atoms with E-state index in [0.717, 1.165) is 24.3 Å². The van der Waals surface area contributed by atoms with E-state index in [4.69, 9.17) is 37.9 Å². The molecular weight excluding hydrogens is 909 g/mol. The number of aliphatic hydroxyl groups excluding tert-OH is 4. The Hall–Kier alpha value is -7.56. The number of hydrogen-bond donors (Lipinski definition) is 8. The molecular formula is C49H48O20. The molecule has 2 saturated heterocycles. The summed E-state index contributed by atoms with van der Waals surface area (Å²) in [5.74, 6) is -6.89. The molecule has 20 heteroatoms. The van der Waals surface area contributed by atoms with Gasteiger partial charge < -0.3 is 78.7 Å². The van der Waals surface area contributed by atoms with Crippen molar-refractivity contribution >= 4 is 48.2 Å². The van der Waals surface area contributed by atoms with Gasteiger partial charge in [-0.3, -0.25) is 0 Å². The maximum atomic E-state index is 13.5. The van der Waals surface area contributed by atoms with Crippen LogP contribution in [0.3, 0.4) is 0 Å². The van der Waals surface area contributed by atoms with Gasteiger partial charge in [-0.05, 0) is 95.1 Å². The summed E-state index contributed by atoms with van der Waals surface area (Å²) in [6, 6.07) is 21.5. The number of aliphatic hydroxyl groups is 4. The molecule has 6 rings (SSSR count). The summed E-state index contributed by atoms with van der Waals surface area (Å²) in [5.41, 5.74) is 1.85. The molecule has 69 heavy (non-hydrogen) atoms. The summed E-state index contributed by atoms with van der Waals surface area (Å²) in [5, 5.41) is 83.7. The number of aromatic hydroxyl groups is 4. The second-order valence-corrected chi connectivity index (χ2v) is 15.4. The molecule has 2 aliphatic rings. The Morgan fingerprint density at radius 1 is 0.551 bits per heavy atom. The highest BCUT2D eigenvalue weighted by molar-refractivity contribution is 5.89. The van der Waals surface area contributed by atoms with Crippen molar-refractivity contribution in [2.24, 2.45) is 0 Å². The van der Waals surface area contributed by atoms with Gasteiger partial charge in [-0.25, -0.2) is 19.2 Å². The Labute approximate surface area is 393 Å². The zero-order valence-electron chi connectivity index (χ0n) is 36.5. The van der Waals surface area contributed by atoms with E-state index >= 15 is 0 Å². The third-order valence-corrected chi connectivity index (χ3v) is 10.4. The standard InChI is InChI=1S/C49H48O20/c1-62-36-24-31(8-19-35(36)53)12-22-40(55)64-26-38-44(59)47(67-42(57)23-11-30-6-17-34(52)18-7-30)49(68-38,27-65-41(56)21-10-29-4-15-33(51)16-5-29)69-48-46(61)45(60)43(58)37(66-48)25-63-39(54)20-9-28-2-13-32(50)14-3-28/h2-24,37-38,43-48,50-53,58-61H,25-27H2,1H3/b20-9+,21-10+,22-12+,23-11+/t37-,38-,43-,44-,45+,46-,47+,48-,49+/m1/s1. The molecule has 0 amide bonds. The first kappa shape index (κ1) is 50.8. The van der Waals surface area contributed by atoms with E-state index in [-0.39, 0.29) is 28.7 Å². The number of carbonyl (C=O) groups is 4. The summed E-state index contributed by atoms with van der Waals surface area (Å²) < 4.78 is 45.0. The Bertz CT molecular complexity index is 2520. The molecule has 0 spiro atoms. The highest BCUT2D eigenvalue weighted by Crippen LogP contribution is 2.39. The van der Waals surface area contributed by atoms with Crippen LogP contribution in [0.2, 0.25) is 0 Å².